The highest BCUT2D eigenvalue weighted by atomic mass is 16.5. The van der Waals surface area contributed by atoms with Gasteiger partial charge < -0.3 is 15.4 Å². The normalized spacial score (nSPS) is 11.1. The number of unbranched alkanes of at least 4 members (excludes halogenated alkanes) is 1. The van der Waals surface area contributed by atoms with E-state index in [1.165, 1.54) is 6.92 Å². The molecule has 0 saturated heterocycles. The van der Waals surface area contributed by atoms with Gasteiger partial charge in [-0.15, -0.1) is 0 Å². The number of amides is 1. The molecule has 0 fully saturated rings. The first kappa shape index (κ1) is 20.0. The molecule has 0 heterocycles. The molecule has 2 rings (SSSR count). The number of carbonyl (C=O) groups excluding carboxylic acids is 2. The van der Waals surface area contributed by atoms with E-state index in [-0.39, 0.29) is 0 Å². The molecule has 2 N–H and O–H groups in total. The summed E-state index contributed by atoms with van der Waals surface area (Å²) in [5, 5.41) is 14.9. The minimum absolute atomic E-state index is 0.342. The Morgan fingerprint density at radius 2 is 1.78 bits per heavy atom. The van der Waals surface area contributed by atoms with E-state index in [4.69, 9.17) is 10.00 Å². The molecule has 0 aromatic heterocycles. The zero-order valence-corrected chi connectivity index (χ0v) is 15.5. The van der Waals surface area contributed by atoms with E-state index in [2.05, 4.69) is 17.6 Å². The number of para-hydroxylation sites is 2. The fraction of sp³-hybridized carbons (Fsp3) is 0.286. The maximum atomic E-state index is 12.5. The lowest BCUT2D eigenvalue weighted by Gasteiger charge is -2.16. The summed E-state index contributed by atoms with van der Waals surface area (Å²) in [6.07, 6.45) is 1.02. The van der Waals surface area contributed by atoms with Crippen molar-refractivity contribution in [3.8, 4) is 6.07 Å². The Kier molecular flexibility index (Phi) is 7.38. The Morgan fingerprint density at radius 3 is 2.48 bits per heavy atom. The van der Waals surface area contributed by atoms with Gasteiger partial charge in [-0.25, -0.2) is 4.79 Å². The SMILES string of the molecule is CCCCNc1ccccc1C(=O)OC(C)C(=O)Nc1ccccc1C#N. The smallest absolute Gasteiger partial charge is 0.341 e. The van der Waals surface area contributed by atoms with Crippen molar-refractivity contribution >= 4 is 23.3 Å². The van der Waals surface area contributed by atoms with Crippen LogP contribution in [0.4, 0.5) is 11.4 Å². The van der Waals surface area contributed by atoms with Gasteiger partial charge in [0.15, 0.2) is 6.10 Å². The number of hydrogen-bond acceptors (Lipinski definition) is 5. The number of nitrogens with zero attached hydrogens (tertiary/aromatic N) is 1. The largest absolute Gasteiger partial charge is 0.449 e. The van der Waals surface area contributed by atoms with Crippen molar-refractivity contribution in [2.24, 2.45) is 0 Å². The number of anilines is 2. The third kappa shape index (κ3) is 5.58. The van der Waals surface area contributed by atoms with Crippen molar-refractivity contribution in [2.45, 2.75) is 32.8 Å². The maximum Gasteiger partial charge on any atom is 0.341 e. The van der Waals surface area contributed by atoms with E-state index < -0.39 is 18.0 Å². The molecule has 140 valence electrons. The highest BCUT2D eigenvalue weighted by molar-refractivity contribution is 6.00. The zero-order chi connectivity index (χ0) is 19.6. The van der Waals surface area contributed by atoms with Gasteiger partial charge in [0.05, 0.1) is 16.8 Å². The van der Waals surface area contributed by atoms with Gasteiger partial charge in [-0.2, -0.15) is 5.26 Å². The second-order valence-corrected chi connectivity index (χ2v) is 6.02. The number of rotatable bonds is 8. The molecule has 0 bridgehead atoms. The minimum atomic E-state index is -1.01. The van der Waals surface area contributed by atoms with Gasteiger partial charge in [0.1, 0.15) is 6.07 Å². The van der Waals surface area contributed by atoms with Crippen LogP contribution in [0.1, 0.15) is 42.6 Å². The second-order valence-electron chi connectivity index (χ2n) is 6.02. The van der Waals surface area contributed by atoms with Crippen LogP contribution in [-0.2, 0) is 9.53 Å². The summed E-state index contributed by atoms with van der Waals surface area (Å²) >= 11 is 0. The first-order valence-corrected chi connectivity index (χ1v) is 8.90. The third-order valence-corrected chi connectivity index (χ3v) is 3.95. The number of esters is 1. The Balaban J connectivity index is 2.03. The molecule has 0 saturated carbocycles. The van der Waals surface area contributed by atoms with E-state index in [0.29, 0.717) is 22.5 Å². The van der Waals surface area contributed by atoms with Gasteiger partial charge in [0, 0.05) is 12.2 Å². The number of hydrogen-bond donors (Lipinski definition) is 2. The minimum Gasteiger partial charge on any atom is -0.449 e. The molecular formula is C21H23N3O3. The molecular weight excluding hydrogens is 342 g/mol. The third-order valence-electron chi connectivity index (χ3n) is 3.95. The van der Waals surface area contributed by atoms with Crippen LogP contribution in [0.15, 0.2) is 48.5 Å². The molecule has 1 unspecified atom stereocenters. The lowest BCUT2D eigenvalue weighted by atomic mass is 10.1. The summed E-state index contributed by atoms with van der Waals surface area (Å²) in [6.45, 7) is 4.34. The molecule has 0 radical (unpaired) electrons. The molecule has 6 nitrogen and oxygen atoms in total. The Bertz CT molecular complexity index is 843. The first-order valence-electron chi connectivity index (χ1n) is 8.90. The Labute approximate surface area is 159 Å². The number of nitrogens with one attached hydrogen (secondary N) is 2. The summed E-state index contributed by atoms with van der Waals surface area (Å²) in [6, 6.07) is 15.7. The number of ether oxygens (including phenoxy) is 1. The van der Waals surface area contributed by atoms with Crippen molar-refractivity contribution in [3.63, 3.8) is 0 Å². The average molecular weight is 365 g/mol. The summed E-state index contributed by atoms with van der Waals surface area (Å²) in [5.41, 5.74) is 1.79. The number of benzene rings is 2. The number of nitriles is 1. The highest BCUT2D eigenvalue weighted by Gasteiger charge is 2.21. The van der Waals surface area contributed by atoms with Crippen molar-refractivity contribution in [3.05, 3.63) is 59.7 Å². The van der Waals surface area contributed by atoms with Gasteiger partial charge >= 0.3 is 5.97 Å². The van der Waals surface area contributed by atoms with E-state index in [9.17, 15) is 9.59 Å². The van der Waals surface area contributed by atoms with Crippen LogP contribution in [-0.4, -0.2) is 24.5 Å². The molecule has 2 aromatic rings. The monoisotopic (exact) mass is 365 g/mol. The molecule has 0 aliphatic carbocycles. The zero-order valence-electron chi connectivity index (χ0n) is 15.5. The molecule has 0 aliphatic heterocycles. The molecule has 1 amide bonds. The molecule has 0 spiro atoms. The van der Waals surface area contributed by atoms with Gasteiger partial charge in [-0.1, -0.05) is 37.6 Å². The summed E-state index contributed by atoms with van der Waals surface area (Å²) in [7, 11) is 0. The quantitative estimate of drug-likeness (QED) is 0.546. The molecule has 2 aromatic carbocycles. The topological polar surface area (TPSA) is 91.2 Å². The lowest BCUT2D eigenvalue weighted by molar-refractivity contribution is -0.123. The van der Waals surface area contributed by atoms with Crippen LogP contribution in [0.2, 0.25) is 0 Å². The summed E-state index contributed by atoms with van der Waals surface area (Å²) < 4.78 is 5.32. The van der Waals surface area contributed by atoms with E-state index in [1.54, 1.807) is 42.5 Å². The van der Waals surface area contributed by atoms with Crippen LogP contribution in [0, 0.1) is 11.3 Å². The van der Waals surface area contributed by atoms with E-state index in [1.807, 2.05) is 12.1 Å². The molecule has 6 heteroatoms. The van der Waals surface area contributed by atoms with Crippen LogP contribution >= 0.6 is 0 Å². The predicted octanol–water partition coefficient (Wildman–Crippen LogP) is 3.95. The summed E-state index contributed by atoms with van der Waals surface area (Å²) in [5.74, 6) is -1.08. The fourth-order valence-corrected chi connectivity index (χ4v) is 2.42. The first-order chi connectivity index (χ1) is 13.1. The van der Waals surface area contributed by atoms with Crippen molar-refractivity contribution in [2.75, 3.05) is 17.2 Å². The molecule has 0 aliphatic rings. The van der Waals surface area contributed by atoms with Crippen LogP contribution < -0.4 is 10.6 Å². The van der Waals surface area contributed by atoms with Gasteiger partial charge in [0.2, 0.25) is 0 Å². The maximum absolute atomic E-state index is 12.5. The van der Waals surface area contributed by atoms with Crippen molar-refractivity contribution in [1.29, 1.82) is 5.26 Å². The number of carbonyl (C=O) groups is 2. The van der Waals surface area contributed by atoms with Gasteiger partial charge in [0.25, 0.3) is 5.91 Å². The lowest BCUT2D eigenvalue weighted by Crippen LogP contribution is -2.30. The average Bonchev–Trinajstić information content (AvgIpc) is 2.68. The Hall–Kier alpha value is -3.33. The summed E-state index contributed by atoms with van der Waals surface area (Å²) in [4.78, 5) is 24.8. The molecule has 1 atom stereocenters. The van der Waals surface area contributed by atoms with Crippen molar-refractivity contribution < 1.29 is 14.3 Å². The van der Waals surface area contributed by atoms with Gasteiger partial charge in [-0.3, -0.25) is 4.79 Å². The van der Waals surface area contributed by atoms with Crippen LogP contribution in [0.3, 0.4) is 0 Å². The second kappa shape index (κ2) is 9.97. The van der Waals surface area contributed by atoms with E-state index in [0.717, 1.165) is 19.4 Å². The molecule has 27 heavy (non-hydrogen) atoms. The van der Waals surface area contributed by atoms with Crippen LogP contribution in [0.25, 0.3) is 0 Å². The van der Waals surface area contributed by atoms with Crippen LogP contribution in [0.5, 0.6) is 0 Å². The standard InChI is InChI=1S/C21H23N3O3/c1-3-4-13-23-19-12-8-6-10-17(19)21(26)27-15(2)20(25)24-18-11-7-5-9-16(18)14-22/h5-12,15,23H,3-4,13H2,1-2H3,(H,24,25). The van der Waals surface area contributed by atoms with Gasteiger partial charge in [-0.05, 0) is 37.6 Å². The predicted molar refractivity (Wildman–Crippen MR) is 105 cm³/mol. The van der Waals surface area contributed by atoms with E-state index >= 15 is 0 Å². The Morgan fingerprint density at radius 1 is 1.11 bits per heavy atom. The highest BCUT2D eigenvalue weighted by Crippen LogP contribution is 2.18. The van der Waals surface area contributed by atoms with Crippen molar-refractivity contribution in [1.82, 2.24) is 0 Å². The fourth-order valence-electron chi connectivity index (χ4n) is 2.42.